The van der Waals surface area contributed by atoms with Gasteiger partial charge in [0.1, 0.15) is 16.4 Å². The quantitative estimate of drug-likeness (QED) is 0.411. The Hall–Kier alpha value is -3.85. The summed E-state index contributed by atoms with van der Waals surface area (Å²) in [6, 6.07) is 10.5. The van der Waals surface area contributed by atoms with Gasteiger partial charge < -0.3 is 9.84 Å². The van der Waals surface area contributed by atoms with Crippen LogP contribution in [0, 0.1) is 5.82 Å². The lowest BCUT2D eigenvalue weighted by molar-refractivity contribution is -0.117. The monoisotopic (exact) mass is 481 g/mol. The Balaban J connectivity index is 1.79. The van der Waals surface area contributed by atoms with Crippen molar-refractivity contribution in [2.24, 2.45) is 0 Å². The topological polar surface area (TPSA) is 101 Å². The van der Waals surface area contributed by atoms with E-state index < -0.39 is 29.0 Å². The highest BCUT2D eigenvalue weighted by atomic mass is 32.1. The first-order valence-corrected chi connectivity index (χ1v) is 11.1. The average Bonchev–Trinajstić information content (AvgIpc) is 3.24. The molecule has 3 aromatic rings. The molecule has 2 amide bonds. The number of aromatic carboxylic acids is 1. The summed E-state index contributed by atoms with van der Waals surface area (Å²) in [7, 11) is 1.45. The van der Waals surface area contributed by atoms with Crippen LogP contribution in [0.5, 0.6) is 5.75 Å². The molecule has 0 saturated heterocycles. The zero-order valence-electron chi connectivity index (χ0n) is 18.5. The molecular weight excluding hydrogens is 461 g/mol. The lowest BCUT2D eigenvalue weighted by Crippen LogP contribution is -2.43. The highest BCUT2D eigenvalue weighted by Crippen LogP contribution is 2.37. The van der Waals surface area contributed by atoms with E-state index in [-0.39, 0.29) is 28.3 Å². The van der Waals surface area contributed by atoms with Gasteiger partial charge in [-0.1, -0.05) is 18.2 Å². The second-order valence-electron chi connectivity index (χ2n) is 8.30. The van der Waals surface area contributed by atoms with Gasteiger partial charge in [0.05, 0.1) is 35.8 Å². The van der Waals surface area contributed by atoms with Crippen molar-refractivity contribution >= 4 is 40.6 Å². The Kier molecular flexibility index (Phi) is 5.82. The van der Waals surface area contributed by atoms with Crippen LogP contribution in [-0.2, 0) is 16.6 Å². The number of hydrogen-bond acceptors (Lipinski definition) is 6. The predicted molar refractivity (Wildman–Crippen MR) is 124 cm³/mol. The summed E-state index contributed by atoms with van der Waals surface area (Å²) in [5.41, 5.74) is -0.613. The normalized spacial score (nSPS) is 13.6. The molecule has 1 aliphatic heterocycles. The largest absolute Gasteiger partial charge is 0.496 e. The van der Waals surface area contributed by atoms with Crippen LogP contribution in [0.15, 0.2) is 47.8 Å². The first kappa shape index (κ1) is 23.3. The van der Waals surface area contributed by atoms with Gasteiger partial charge in [0.15, 0.2) is 5.78 Å². The molecule has 1 aliphatic rings. The molecule has 0 spiro atoms. The van der Waals surface area contributed by atoms with Crippen LogP contribution >= 0.6 is 11.3 Å². The van der Waals surface area contributed by atoms with Crippen LogP contribution in [0.4, 0.5) is 10.1 Å². The van der Waals surface area contributed by atoms with Crippen molar-refractivity contribution in [1.29, 1.82) is 0 Å². The van der Waals surface area contributed by atoms with Gasteiger partial charge in [-0.2, -0.15) is 0 Å². The minimum absolute atomic E-state index is 0.119. The second-order valence-corrected chi connectivity index (χ2v) is 9.18. The lowest BCUT2D eigenvalue weighted by atomic mass is 9.77. The zero-order chi connectivity index (χ0) is 24.8. The number of carboxylic acids is 1. The number of fused-ring (bicyclic) bond motifs is 1. The van der Waals surface area contributed by atoms with Crippen molar-refractivity contribution in [3.05, 3.63) is 80.8 Å². The Bertz CT molecular complexity index is 1360. The fourth-order valence-corrected chi connectivity index (χ4v) is 4.90. The minimum atomic E-state index is -1.30. The van der Waals surface area contributed by atoms with Crippen molar-refractivity contribution in [3.63, 3.8) is 0 Å². The smallest absolute Gasteiger partial charge is 0.346 e. The number of methoxy groups -OCH3 is 1. The number of thiophene rings is 1. The fourth-order valence-electron chi connectivity index (χ4n) is 4.00. The number of hydrogen-bond donors (Lipinski definition) is 1. The number of ether oxygens (including phenoxy) is 1. The number of anilines is 1. The minimum Gasteiger partial charge on any atom is -0.496 e. The molecule has 0 bridgehead atoms. The van der Waals surface area contributed by atoms with Gasteiger partial charge in [0.2, 0.25) is 5.91 Å². The van der Waals surface area contributed by atoms with Crippen LogP contribution in [-0.4, -0.2) is 35.8 Å². The van der Waals surface area contributed by atoms with Crippen LogP contribution < -0.4 is 9.64 Å². The van der Waals surface area contributed by atoms with E-state index in [0.29, 0.717) is 27.3 Å². The van der Waals surface area contributed by atoms with Gasteiger partial charge in [0.25, 0.3) is 5.91 Å². The number of Topliss-reactive ketones (excluding diaryl/α,β-unsaturated/α-hetero) is 1. The van der Waals surface area contributed by atoms with E-state index in [1.54, 1.807) is 38.1 Å². The maximum absolute atomic E-state index is 14.9. The summed E-state index contributed by atoms with van der Waals surface area (Å²) >= 11 is 0.844. The molecule has 34 heavy (non-hydrogen) atoms. The van der Waals surface area contributed by atoms with E-state index in [1.165, 1.54) is 24.6 Å². The molecule has 1 aromatic heterocycles. The first-order chi connectivity index (χ1) is 16.1. The molecule has 0 atom stereocenters. The van der Waals surface area contributed by atoms with Gasteiger partial charge in [0, 0.05) is 0 Å². The number of amides is 2. The summed E-state index contributed by atoms with van der Waals surface area (Å²) in [5.74, 6) is -3.65. The van der Waals surface area contributed by atoms with E-state index in [1.807, 2.05) is 0 Å². The standard InChI is InChI=1S/C25H20FNO6S/c1-25(2,22(29)15-6-4-5-7-18(15)33-3)14-8-9-16(26)17(11-14)27-19(28)10-13-12-34-21(24(31)32)20(13)23(27)30/h4-9,11-12H,10H2,1-3H3,(H,31,32). The maximum Gasteiger partial charge on any atom is 0.346 e. The molecule has 2 aromatic carbocycles. The average molecular weight is 482 g/mol. The van der Waals surface area contributed by atoms with Crippen LogP contribution in [0.1, 0.15) is 55.4 Å². The number of carboxylic acid groups (broad SMARTS) is 1. The molecule has 9 heteroatoms. The zero-order valence-corrected chi connectivity index (χ0v) is 19.4. The van der Waals surface area contributed by atoms with E-state index in [4.69, 9.17) is 4.74 Å². The third-order valence-electron chi connectivity index (χ3n) is 5.90. The Morgan fingerprint density at radius 3 is 2.53 bits per heavy atom. The van der Waals surface area contributed by atoms with E-state index >= 15 is 0 Å². The molecule has 0 fully saturated rings. The summed E-state index contributed by atoms with van der Waals surface area (Å²) in [5, 5.41) is 10.9. The molecule has 0 radical (unpaired) electrons. The van der Waals surface area contributed by atoms with Gasteiger partial charge in [-0.25, -0.2) is 14.1 Å². The van der Waals surface area contributed by atoms with Crippen LogP contribution in [0.3, 0.4) is 0 Å². The van der Waals surface area contributed by atoms with Crippen molar-refractivity contribution in [1.82, 2.24) is 0 Å². The third-order valence-corrected chi connectivity index (χ3v) is 6.91. The number of para-hydroxylation sites is 1. The van der Waals surface area contributed by atoms with Crippen molar-refractivity contribution < 1.29 is 33.4 Å². The SMILES string of the molecule is COc1ccccc1C(=O)C(C)(C)c1ccc(F)c(N2C(=O)Cc3csc(C(=O)O)c3C2=O)c1. The predicted octanol–water partition coefficient (Wildman–Crippen LogP) is 4.48. The fraction of sp³-hybridized carbons (Fsp3) is 0.200. The lowest BCUT2D eigenvalue weighted by Gasteiger charge is -2.29. The molecule has 0 saturated carbocycles. The summed E-state index contributed by atoms with van der Waals surface area (Å²) in [6.07, 6.45) is -0.238. The van der Waals surface area contributed by atoms with Gasteiger partial charge >= 0.3 is 5.97 Å². The van der Waals surface area contributed by atoms with Crippen LogP contribution in [0.2, 0.25) is 0 Å². The van der Waals surface area contributed by atoms with Crippen molar-refractivity contribution in [3.8, 4) is 5.75 Å². The summed E-state index contributed by atoms with van der Waals surface area (Å²) in [4.78, 5) is 51.4. The van der Waals surface area contributed by atoms with Gasteiger partial charge in [-0.3, -0.25) is 14.4 Å². The molecule has 4 rings (SSSR count). The van der Waals surface area contributed by atoms with E-state index in [2.05, 4.69) is 0 Å². The number of rotatable bonds is 6. The highest BCUT2D eigenvalue weighted by Gasteiger charge is 2.39. The molecule has 0 unspecified atom stereocenters. The highest BCUT2D eigenvalue weighted by molar-refractivity contribution is 7.12. The summed E-state index contributed by atoms with van der Waals surface area (Å²) < 4.78 is 20.2. The first-order valence-electron chi connectivity index (χ1n) is 10.3. The second kappa shape index (κ2) is 8.49. The van der Waals surface area contributed by atoms with Crippen molar-refractivity contribution in [2.45, 2.75) is 25.7 Å². The van der Waals surface area contributed by atoms with E-state index in [9.17, 15) is 28.7 Å². The summed E-state index contributed by atoms with van der Waals surface area (Å²) in [6.45, 7) is 3.30. The number of benzene rings is 2. The molecule has 1 N–H and O–H groups in total. The number of nitrogens with zero attached hydrogens (tertiary/aromatic N) is 1. The number of carbonyl (C=O) groups is 4. The number of imide groups is 1. The number of ketones is 1. The Labute approximate surface area is 198 Å². The molecular formula is C25H20FNO6S. The van der Waals surface area contributed by atoms with E-state index in [0.717, 1.165) is 17.4 Å². The van der Waals surface area contributed by atoms with Gasteiger partial charge in [-0.15, -0.1) is 11.3 Å². The van der Waals surface area contributed by atoms with Gasteiger partial charge in [-0.05, 0) is 54.6 Å². The Morgan fingerprint density at radius 2 is 1.85 bits per heavy atom. The number of carbonyl (C=O) groups excluding carboxylic acids is 3. The third kappa shape index (κ3) is 3.67. The molecule has 7 nitrogen and oxygen atoms in total. The van der Waals surface area contributed by atoms with Crippen molar-refractivity contribution in [2.75, 3.05) is 12.0 Å². The molecule has 0 aliphatic carbocycles. The maximum atomic E-state index is 14.9. The Morgan fingerprint density at radius 1 is 1.15 bits per heavy atom. The number of halogens is 1. The molecule has 2 heterocycles. The molecule has 174 valence electrons. The van der Waals surface area contributed by atoms with Crippen LogP contribution in [0.25, 0.3) is 0 Å².